The molecule has 0 aromatic carbocycles. The van der Waals surface area contributed by atoms with Crippen LogP contribution in [0.25, 0.3) is 0 Å². The largest absolute Gasteiger partial charge is 2.00 e. The van der Waals surface area contributed by atoms with E-state index in [2.05, 4.69) is 0 Å². The second-order valence-electron chi connectivity index (χ2n) is 0.816. The Bertz CT molecular complexity index is 208. The van der Waals surface area contributed by atoms with Crippen molar-refractivity contribution in [1.29, 1.82) is 0 Å². The van der Waals surface area contributed by atoms with Gasteiger partial charge in [0.2, 0.25) is 0 Å². The van der Waals surface area contributed by atoms with E-state index in [9.17, 15) is 0 Å². The summed E-state index contributed by atoms with van der Waals surface area (Å²) in [5.41, 5.74) is 0. The standard InChI is InChI=1S/Fe.2H2O4S/c;2*1-5(2,3)4/h;2*(H2,1,2,3,4)/q+2;;/p-4. The Morgan fingerprint density at radius 3 is 0.636 bits per heavy atom. The van der Waals surface area contributed by atoms with E-state index in [1.807, 2.05) is 0 Å². The van der Waals surface area contributed by atoms with Crippen molar-refractivity contribution in [3.63, 3.8) is 0 Å². The third-order valence-electron chi connectivity index (χ3n) is 0. The zero-order valence-corrected chi connectivity index (χ0v) is 7.17. The summed E-state index contributed by atoms with van der Waals surface area (Å²) in [6.07, 6.45) is 0. The molecule has 0 radical (unpaired) electrons. The maximum Gasteiger partial charge on any atom is 2.00 e. The molecule has 11 heteroatoms. The second-order valence-corrected chi connectivity index (χ2v) is 2.45. The number of hydrogen-bond acceptors (Lipinski definition) is 8. The van der Waals surface area contributed by atoms with Crippen molar-refractivity contribution in [3.8, 4) is 0 Å². The minimum Gasteiger partial charge on any atom is -0.759 e. The van der Waals surface area contributed by atoms with E-state index in [1.54, 1.807) is 0 Å². The van der Waals surface area contributed by atoms with E-state index in [0.717, 1.165) is 0 Å². The van der Waals surface area contributed by atoms with Gasteiger partial charge in [0.25, 0.3) is 0 Å². The van der Waals surface area contributed by atoms with Gasteiger partial charge in [0.05, 0.1) is 0 Å². The SMILES string of the molecule is O=S(=O)([O-])[O-].O=S(=O)([O-])[O-].[Fe+2]. The Morgan fingerprint density at radius 2 is 0.636 bits per heavy atom. The fraction of sp³-hybridized carbons (Fsp3) is 0. The van der Waals surface area contributed by atoms with Crippen molar-refractivity contribution >= 4 is 20.8 Å². The van der Waals surface area contributed by atoms with Crippen LogP contribution in [-0.4, -0.2) is 35.0 Å². The first-order chi connectivity index (χ1) is 4.00. The molecule has 0 aromatic rings. The van der Waals surface area contributed by atoms with Crippen molar-refractivity contribution in [1.82, 2.24) is 0 Å². The fourth-order valence-electron chi connectivity index (χ4n) is 0. The van der Waals surface area contributed by atoms with Crippen molar-refractivity contribution in [2.75, 3.05) is 0 Å². The molecule has 0 aliphatic rings. The molecule has 11 heavy (non-hydrogen) atoms. The summed E-state index contributed by atoms with van der Waals surface area (Å²) in [7, 11) is -10.3. The average molecular weight is 248 g/mol. The summed E-state index contributed by atoms with van der Waals surface area (Å²) in [4.78, 5) is 0. The Kier molecular flexibility index (Phi) is 9.24. The summed E-state index contributed by atoms with van der Waals surface area (Å²) >= 11 is 0. The molecule has 0 saturated heterocycles. The first-order valence-electron chi connectivity index (χ1n) is 1.33. The molecule has 0 amide bonds. The molecule has 0 aliphatic heterocycles. The Morgan fingerprint density at radius 1 is 0.636 bits per heavy atom. The van der Waals surface area contributed by atoms with E-state index in [-0.39, 0.29) is 17.1 Å². The van der Waals surface area contributed by atoms with E-state index in [1.165, 1.54) is 0 Å². The third kappa shape index (κ3) is 10400. The van der Waals surface area contributed by atoms with Crippen LogP contribution in [0.3, 0.4) is 0 Å². The first kappa shape index (κ1) is 17.4. The van der Waals surface area contributed by atoms with Gasteiger partial charge in [-0.1, -0.05) is 0 Å². The summed E-state index contributed by atoms with van der Waals surface area (Å²) < 4.78 is 68.2. The zero-order chi connectivity index (χ0) is 9.00. The quantitative estimate of drug-likeness (QED) is 0.254. The monoisotopic (exact) mass is 248 g/mol. The van der Waals surface area contributed by atoms with Crippen molar-refractivity contribution in [3.05, 3.63) is 0 Å². The van der Waals surface area contributed by atoms with Crippen LogP contribution in [-0.2, 0) is 37.9 Å². The van der Waals surface area contributed by atoms with Gasteiger partial charge in [-0.3, -0.25) is 16.8 Å². The Hall–Kier alpha value is 0.259. The molecular formula is FeO8S2-2. The first-order valence-corrected chi connectivity index (χ1v) is 4.00. The van der Waals surface area contributed by atoms with E-state index in [4.69, 9.17) is 35.0 Å². The van der Waals surface area contributed by atoms with Crippen LogP contribution in [0.2, 0.25) is 0 Å². The number of rotatable bonds is 0. The predicted molar refractivity (Wildman–Crippen MR) is 20.9 cm³/mol. The van der Waals surface area contributed by atoms with Gasteiger partial charge in [0.15, 0.2) is 0 Å². The van der Waals surface area contributed by atoms with Crippen LogP contribution < -0.4 is 0 Å². The van der Waals surface area contributed by atoms with Gasteiger partial charge in [0.1, 0.15) is 0 Å². The van der Waals surface area contributed by atoms with Gasteiger partial charge >= 0.3 is 17.1 Å². The van der Waals surface area contributed by atoms with Crippen molar-refractivity contribution in [2.45, 2.75) is 0 Å². The molecule has 0 fully saturated rings. The van der Waals surface area contributed by atoms with Gasteiger partial charge in [-0.05, 0) is 0 Å². The minimum atomic E-state index is -5.17. The summed E-state index contributed by atoms with van der Waals surface area (Å²) in [5, 5.41) is 0. The van der Waals surface area contributed by atoms with Crippen LogP contribution in [0, 0.1) is 0 Å². The molecule has 0 bridgehead atoms. The second kappa shape index (κ2) is 5.85. The average Bonchev–Trinajstić information content (AvgIpc) is 1.12. The molecule has 0 spiro atoms. The molecule has 0 aliphatic carbocycles. The summed E-state index contributed by atoms with van der Waals surface area (Å²) in [6.45, 7) is 0. The normalized spacial score (nSPS) is 10.5. The number of hydrogen-bond donors (Lipinski definition) is 0. The predicted octanol–water partition coefficient (Wildman–Crippen LogP) is -2.68. The van der Waals surface area contributed by atoms with Crippen LogP contribution >= 0.6 is 0 Å². The molecule has 0 unspecified atom stereocenters. The molecule has 0 rings (SSSR count). The van der Waals surface area contributed by atoms with E-state index in [0.29, 0.717) is 0 Å². The van der Waals surface area contributed by atoms with Crippen LogP contribution in [0.1, 0.15) is 0 Å². The molecular weight excluding hydrogens is 248 g/mol. The molecule has 0 atom stereocenters. The zero-order valence-electron chi connectivity index (χ0n) is 4.44. The smallest absolute Gasteiger partial charge is 0.759 e. The maximum absolute atomic E-state index is 8.52. The molecule has 8 nitrogen and oxygen atoms in total. The van der Waals surface area contributed by atoms with Crippen molar-refractivity contribution < 1.29 is 52.1 Å². The van der Waals surface area contributed by atoms with Crippen LogP contribution in [0.4, 0.5) is 0 Å². The third-order valence-corrected chi connectivity index (χ3v) is 0. The topological polar surface area (TPSA) is 161 Å². The van der Waals surface area contributed by atoms with E-state index < -0.39 is 20.8 Å². The molecule has 70 valence electrons. The van der Waals surface area contributed by atoms with Gasteiger partial charge in [-0.2, -0.15) is 0 Å². The minimum absolute atomic E-state index is 0. The Balaban J connectivity index is -0.000000107. The molecule has 0 heterocycles. The van der Waals surface area contributed by atoms with Gasteiger partial charge in [-0.15, -0.1) is 0 Å². The molecule has 0 N–H and O–H groups in total. The van der Waals surface area contributed by atoms with Crippen molar-refractivity contribution in [2.24, 2.45) is 0 Å². The summed E-state index contributed by atoms with van der Waals surface area (Å²) in [6, 6.07) is 0. The van der Waals surface area contributed by atoms with Gasteiger partial charge in [0, 0.05) is 20.8 Å². The fourth-order valence-corrected chi connectivity index (χ4v) is 0. The molecule has 0 saturated carbocycles. The van der Waals surface area contributed by atoms with Crippen LogP contribution in [0.5, 0.6) is 0 Å². The maximum atomic E-state index is 8.52. The molecule has 0 aromatic heterocycles. The summed E-state index contributed by atoms with van der Waals surface area (Å²) in [5.74, 6) is 0. The van der Waals surface area contributed by atoms with Crippen LogP contribution in [0.15, 0.2) is 0 Å². The Labute approximate surface area is 73.2 Å². The van der Waals surface area contributed by atoms with E-state index >= 15 is 0 Å². The van der Waals surface area contributed by atoms with Gasteiger partial charge in [-0.25, -0.2) is 0 Å². The van der Waals surface area contributed by atoms with Gasteiger partial charge < -0.3 is 18.2 Å².